The summed E-state index contributed by atoms with van der Waals surface area (Å²) >= 11 is 3.09. The molecule has 4 aromatic carbocycles. The van der Waals surface area contributed by atoms with Crippen LogP contribution in [0.5, 0.6) is 0 Å². The lowest BCUT2D eigenvalue weighted by Gasteiger charge is -2.24. The van der Waals surface area contributed by atoms with Crippen molar-refractivity contribution in [2.45, 2.75) is 87.7 Å². The quantitative estimate of drug-likeness (QED) is 0.0288. The van der Waals surface area contributed by atoms with Crippen LogP contribution in [0.2, 0.25) is 0 Å². The summed E-state index contributed by atoms with van der Waals surface area (Å²) < 4.78 is 11.7. The zero-order valence-electron chi connectivity index (χ0n) is 39.6. The Kier molecular flexibility index (Phi) is 18.1. The number of thiophene rings is 2. The van der Waals surface area contributed by atoms with Gasteiger partial charge in [-0.1, -0.05) is 116 Å². The van der Waals surface area contributed by atoms with E-state index < -0.39 is 36.3 Å². The second-order valence-electron chi connectivity index (χ2n) is 18.0. The van der Waals surface area contributed by atoms with Crippen molar-refractivity contribution in [1.82, 2.24) is 26.6 Å². The number of alkyl carbamates (subject to hydrolysis) is 2. The normalized spacial score (nSPS) is 13.7. The molecular weight excluding hydrogens is 935 g/mol. The highest BCUT2D eigenvalue weighted by Gasteiger charge is 2.32. The standard InChI is InChI=1S/C56H61N5O8S2/c62-52(63)27-2-1-12-28-57-53(64)50(59-34-37(32-38-16-14-30-70-38)60-55(66)68-35-48-44-22-7-3-18-40(44)41-19-4-8-23-45(41)48)26-11-13-29-58-54(65)51(33-39-17-15-31-71-39)61-56(67)69-36-49-46-24-9-5-20-42(46)43-21-6-10-25-47(43)49/h3-10,14-25,30-31,37,48-51,59H,1-2,11-13,26-29,32-36H2,(H,57,64)(H,58,65)(H,60,66)(H,61,67)(H,62,63). The van der Waals surface area contributed by atoms with Gasteiger partial charge >= 0.3 is 18.2 Å². The van der Waals surface area contributed by atoms with Gasteiger partial charge in [-0.3, -0.25) is 14.4 Å². The maximum Gasteiger partial charge on any atom is 0.407 e. The molecule has 2 aliphatic rings. The monoisotopic (exact) mass is 995 g/mol. The number of carboxylic acids is 1. The summed E-state index contributed by atoms with van der Waals surface area (Å²) in [6, 6.07) is 38.5. The minimum Gasteiger partial charge on any atom is -0.481 e. The largest absolute Gasteiger partial charge is 0.481 e. The third-order valence-corrected chi connectivity index (χ3v) is 14.9. The zero-order chi connectivity index (χ0) is 49.4. The Labute approximate surface area is 422 Å². The molecule has 2 aliphatic carbocycles. The number of hydrogen-bond donors (Lipinski definition) is 6. The average molecular weight is 996 g/mol. The van der Waals surface area contributed by atoms with Gasteiger partial charge in [-0.2, -0.15) is 0 Å². The van der Waals surface area contributed by atoms with Gasteiger partial charge in [0.15, 0.2) is 0 Å². The summed E-state index contributed by atoms with van der Waals surface area (Å²) in [6.07, 6.45) is 3.09. The van der Waals surface area contributed by atoms with Gasteiger partial charge in [0.05, 0.1) is 6.04 Å². The van der Waals surface area contributed by atoms with Crippen molar-refractivity contribution in [1.29, 1.82) is 0 Å². The fourth-order valence-corrected chi connectivity index (χ4v) is 11.1. The number of amides is 4. The number of fused-ring (bicyclic) bond motifs is 6. The van der Waals surface area contributed by atoms with Crippen molar-refractivity contribution < 1.29 is 38.6 Å². The van der Waals surface area contributed by atoms with E-state index in [-0.39, 0.29) is 49.8 Å². The molecule has 4 amide bonds. The SMILES string of the molecule is O=C(O)CCCCCNC(=O)C(CCCCNC(=O)C(Cc1cccs1)NC(=O)OCC1c2ccccc2-c2ccccc21)NCC(Cc1cccs1)NC(=O)OCC1c2ccccc2-c2ccccc21. The Morgan fingerprint density at radius 2 is 0.986 bits per heavy atom. The first-order valence-electron chi connectivity index (χ1n) is 24.5. The summed E-state index contributed by atoms with van der Waals surface area (Å²) in [5.74, 6) is -1.59. The highest BCUT2D eigenvalue weighted by molar-refractivity contribution is 7.10. The maximum absolute atomic E-state index is 13.8. The first kappa shape index (κ1) is 50.6. The second-order valence-corrected chi connectivity index (χ2v) is 20.1. The fourth-order valence-electron chi connectivity index (χ4n) is 9.61. The number of aliphatic carboxylic acids is 1. The van der Waals surface area contributed by atoms with E-state index in [4.69, 9.17) is 14.6 Å². The van der Waals surface area contributed by atoms with Crippen LogP contribution >= 0.6 is 22.7 Å². The van der Waals surface area contributed by atoms with Gasteiger partial charge in [-0.25, -0.2) is 9.59 Å². The third kappa shape index (κ3) is 13.7. The summed E-state index contributed by atoms with van der Waals surface area (Å²) in [7, 11) is 0. The molecule has 13 nitrogen and oxygen atoms in total. The molecule has 0 spiro atoms. The van der Waals surface area contributed by atoms with Gasteiger partial charge in [0.2, 0.25) is 11.8 Å². The second kappa shape index (κ2) is 25.3. The number of rotatable bonds is 26. The molecule has 0 saturated heterocycles. The molecule has 0 saturated carbocycles. The molecule has 6 aromatic rings. The Hall–Kier alpha value is -6.81. The van der Waals surface area contributed by atoms with Gasteiger partial charge < -0.3 is 41.2 Å². The molecular formula is C56H61N5O8S2. The molecule has 15 heteroatoms. The van der Waals surface area contributed by atoms with Crippen molar-refractivity contribution >= 4 is 52.6 Å². The van der Waals surface area contributed by atoms with Crippen LogP contribution in [0.15, 0.2) is 132 Å². The lowest BCUT2D eigenvalue weighted by molar-refractivity contribution is -0.137. The molecule has 2 aromatic heterocycles. The van der Waals surface area contributed by atoms with Crippen LogP contribution in [0.3, 0.4) is 0 Å². The topological polar surface area (TPSA) is 184 Å². The van der Waals surface area contributed by atoms with Crippen molar-refractivity contribution in [2.75, 3.05) is 32.8 Å². The third-order valence-electron chi connectivity index (χ3n) is 13.1. The molecule has 3 unspecified atom stereocenters. The number of carbonyl (C=O) groups is 5. The number of carboxylic acid groups (broad SMARTS) is 1. The van der Waals surface area contributed by atoms with Crippen LogP contribution in [0.25, 0.3) is 22.3 Å². The van der Waals surface area contributed by atoms with E-state index in [9.17, 15) is 24.0 Å². The number of nitrogens with one attached hydrogen (secondary N) is 5. The minimum absolute atomic E-state index is 0.0806. The van der Waals surface area contributed by atoms with Crippen molar-refractivity contribution in [2.24, 2.45) is 0 Å². The number of carbonyl (C=O) groups excluding carboxylic acids is 4. The lowest BCUT2D eigenvalue weighted by atomic mass is 9.98. The highest BCUT2D eigenvalue weighted by atomic mass is 32.1. The lowest BCUT2D eigenvalue weighted by Crippen LogP contribution is -2.51. The summed E-state index contributed by atoms with van der Waals surface area (Å²) in [4.78, 5) is 67.4. The molecule has 0 bridgehead atoms. The predicted octanol–water partition coefficient (Wildman–Crippen LogP) is 9.42. The Balaban J connectivity index is 0.850. The van der Waals surface area contributed by atoms with Crippen molar-refractivity contribution in [3.8, 4) is 22.3 Å². The van der Waals surface area contributed by atoms with Gasteiger partial charge in [-0.05, 0) is 99.5 Å². The van der Waals surface area contributed by atoms with Crippen LogP contribution in [0.1, 0.15) is 88.8 Å². The summed E-state index contributed by atoms with van der Waals surface area (Å²) in [6.45, 7) is 1.29. The number of hydrogen-bond acceptors (Lipinski definition) is 10. The Morgan fingerprint density at radius 1 is 0.521 bits per heavy atom. The molecule has 2 heterocycles. The van der Waals surface area contributed by atoms with Gasteiger partial charge in [0.1, 0.15) is 19.3 Å². The maximum atomic E-state index is 13.8. The van der Waals surface area contributed by atoms with E-state index in [1.165, 1.54) is 11.3 Å². The average Bonchev–Trinajstić information content (AvgIpc) is 4.21. The van der Waals surface area contributed by atoms with Crippen LogP contribution in [0.4, 0.5) is 9.59 Å². The number of benzene rings is 4. The first-order valence-corrected chi connectivity index (χ1v) is 26.3. The highest BCUT2D eigenvalue weighted by Crippen LogP contribution is 2.45. The van der Waals surface area contributed by atoms with E-state index in [1.54, 1.807) is 11.3 Å². The molecule has 6 N–H and O–H groups in total. The van der Waals surface area contributed by atoms with Crippen LogP contribution < -0.4 is 26.6 Å². The first-order chi connectivity index (χ1) is 34.7. The van der Waals surface area contributed by atoms with Crippen LogP contribution in [-0.2, 0) is 36.7 Å². The van der Waals surface area contributed by atoms with E-state index in [1.807, 2.05) is 83.6 Å². The number of unbranched alkanes of at least 4 members (excludes halogenated alkanes) is 3. The molecule has 3 atom stereocenters. The van der Waals surface area contributed by atoms with Crippen molar-refractivity contribution in [3.63, 3.8) is 0 Å². The van der Waals surface area contributed by atoms with E-state index in [0.29, 0.717) is 64.5 Å². The Morgan fingerprint density at radius 3 is 1.48 bits per heavy atom. The van der Waals surface area contributed by atoms with E-state index >= 15 is 0 Å². The smallest absolute Gasteiger partial charge is 0.407 e. The molecule has 8 rings (SSSR count). The molecule has 0 fully saturated rings. The van der Waals surface area contributed by atoms with Gasteiger partial charge in [0, 0.05) is 66.5 Å². The fraction of sp³-hybridized carbons (Fsp3) is 0.339. The predicted molar refractivity (Wildman–Crippen MR) is 278 cm³/mol. The minimum atomic E-state index is -0.871. The Bertz CT molecular complexity index is 2640. The molecule has 71 heavy (non-hydrogen) atoms. The van der Waals surface area contributed by atoms with Crippen LogP contribution in [-0.4, -0.2) is 86.1 Å². The van der Waals surface area contributed by atoms with Crippen molar-refractivity contribution in [3.05, 3.63) is 164 Å². The molecule has 0 radical (unpaired) electrons. The van der Waals surface area contributed by atoms with Gasteiger partial charge in [-0.15, -0.1) is 22.7 Å². The molecule has 0 aliphatic heterocycles. The number of ether oxygens (including phenoxy) is 2. The van der Waals surface area contributed by atoms with Crippen LogP contribution in [0, 0.1) is 0 Å². The molecule has 370 valence electrons. The zero-order valence-corrected chi connectivity index (χ0v) is 41.2. The summed E-state index contributed by atoms with van der Waals surface area (Å²) in [5, 5.41) is 28.3. The van der Waals surface area contributed by atoms with E-state index in [0.717, 1.165) is 54.3 Å². The summed E-state index contributed by atoms with van der Waals surface area (Å²) in [5.41, 5.74) is 8.98. The van der Waals surface area contributed by atoms with E-state index in [2.05, 4.69) is 75.1 Å². The van der Waals surface area contributed by atoms with Gasteiger partial charge in [0.25, 0.3) is 0 Å².